The number of benzene rings is 8. The molecule has 20 rings (SSSR count). The van der Waals surface area contributed by atoms with Crippen LogP contribution in [0.1, 0.15) is 167 Å². The zero-order chi connectivity index (χ0) is 100. The van der Waals surface area contributed by atoms with Crippen molar-refractivity contribution < 1.29 is 29.4 Å². The van der Waals surface area contributed by atoms with Crippen LogP contribution in [0.3, 0.4) is 0 Å². The van der Waals surface area contributed by atoms with E-state index < -0.39 is 13.2 Å². The maximum Gasteiger partial charge on any atom is 0.286 e. The van der Waals surface area contributed by atoms with E-state index in [4.69, 9.17) is 103 Å². The number of aromatic nitrogens is 24. The van der Waals surface area contributed by atoms with Crippen LogP contribution < -0.4 is 10.9 Å². The van der Waals surface area contributed by atoms with Crippen molar-refractivity contribution in [1.82, 2.24) is 151 Å². The van der Waals surface area contributed by atoms with Crippen LogP contribution in [-0.4, -0.2) is 226 Å². The average molecular weight is 2090 g/mol. The van der Waals surface area contributed by atoms with Gasteiger partial charge < -0.3 is 20.0 Å². The molecule has 10 heterocycles. The van der Waals surface area contributed by atoms with Gasteiger partial charge in [-0.2, -0.15) is 30.4 Å². The lowest BCUT2D eigenvalue weighted by Gasteiger charge is -2.30. The van der Waals surface area contributed by atoms with Crippen molar-refractivity contribution >= 4 is 116 Å². The molecule has 36 nitrogen and oxygen atoms in total. The van der Waals surface area contributed by atoms with Crippen LogP contribution in [0.25, 0.3) is 113 Å². The van der Waals surface area contributed by atoms with Crippen molar-refractivity contribution in [3.05, 3.63) is 255 Å². The molecule has 0 unspecified atom stereocenters. The second-order valence-corrected chi connectivity index (χ2v) is 38.5. The van der Waals surface area contributed by atoms with Gasteiger partial charge in [-0.3, -0.25) is 30.0 Å². The predicted octanol–water partition coefficient (Wildman–Crippen LogP) is 18.8. The van der Waals surface area contributed by atoms with Gasteiger partial charge in [-0.1, -0.05) is 241 Å². The number of carbonyl (C=O) groups excluding carboxylic acids is 4. The van der Waals surface area contributed by atoms with E-state index in [0.717, 1.165) is 183 Å². The number of piperidine rings is 2. The zero-order valence-corrected chi connectivity index (χ0v) is 85.1. The molecular weight excluding hydrogens is 1990 g/mol. The van der Waals surface area contributed by atoms with Crippen LogP contribution in [0, 0.1) is 13.8 Å². The maximum atomic E-state index is 13.7. The van der Waals surface area contributed by atoms with Crippen molar-refractivity contribution in [1.29, 1.82) is 0 Å². The van der Waals surface area contributed by atoms with Crippen LogP contribution in [-0.2, 0) is 34.4 Å². The number of carbonyl (C=O) groups is 4. The molecule has 143 heavy (non-hydrogen) atoms. The first-order chi connectivity index (χ1) is 69.2. The lowest BCUT2D eigenvalue weighted by molar-refractivity contribution is 0.0681. The Bertz CT molecular complexity index is 7240. The number of amides is 4. The first kappa shape index (κ1) is 101. The number of hydrogen-bond donors (Lipinski definition) is 5. The minimum absolute atomic E-state index is 0.0775. The smallest absolute Gasteiger partial charge is 0.286 e. The van der Waals surface area contributed by atoms with Crippen LogP contribution >= 0.6 is 92.8 Å². The largest absolute Gasteiger partial charge is 0.392 e. The summed E-state index contributed by atoms with van der Waals surface area (Å²) in [6.07, 6.45) is 17.5. The van der Waals surface area contributed by atoms with Crippen LogP contribution in [0.2, 0.25) is 40.2 Å². The summed E-state index contributed by atoms with van der Waals surface area (Å²) >= 11 is 50.8. The van der Waals surface area contributed by atoms with Crippen molar-refractivity contribution in [2.24, 2.45) is 21.1 Å². The van der Waals surface area contributed by atoms with Crippen molar-refractivity contribution in [3.8, 4) is 113 Å². The van der Waals surface area contributed by atoms with E-state index in [2.05, 4.69) is 88.1 Å². The molecule has 4 fully saturated rings. The normalized spacial score (nSPS) is 14.2. The van der Waals surface area contributed by atoms with Gasteiger partial charge in [0.2, 0.25) is 11.6 Å². The molecule has 738 valence electrons. The Morgan fingerprint density at radius 2 is 0.685 bits per heavy atom. The zero-order valence-electron chi connectivity index (χ0n) is 79.0. The van der Waals surface area contributed by atoms with Gasteiger partial charge in [0.1, 0.15) is 0 Å². The molecule has 44 heteroatoms. The fourth-order valence-corrected chi connectivity index (χ4v) is 20.2. The number of rotatable bonds is 22. The first-order valence-corrected chi connectivity index (χ1v) is 49.7. The number of nitrogens with zero attached hydrogens (tertiary/aromatic N) is 27. The third-order valence-electron chi connectivity index (χ3n) is 25.8. The molecule has 4 amide bonds. The quantitative estimate of drug-likeness (QED) is 0.0421. The second-order valence-electron chi connectivity index (χ2n) is 35.1. The summed E-state index contributed by atoms with van der Waals surface area (Å²) in [5, 5.41) is 96.7. The minimum atomic E-state index is -0.392. The number of aliphatic hydroxyl groups excluding tert-OH is 2. The van der Waals surface area contributed by atoms with E-state index in [1.807, 2.05) is 157 Å². The van der Waals surface area contributed by atoms with Gasteiger partial charge in [-0.25, -0.2) is 38.1 Å². The van der Waals surface area contributed by atoms with Crippen LogP contribution in [0.5, 0.6) is 0 Å². The van der Waals surface area contributed by atoms with Gasteiger partial charge in [-0.05, 0) is 169 Å². The molecule has 0 bridgehead atoms. The number of nitrogens with one attached hydrogen (secondary N) is 3. The number of halogens is 8. The highest BCUT2D eigenvalue weighted by Crippen LogP contribution is 2.42. The number of H-pyrrole nitrogens is 1. The summed E-state index contributed by atoms with van der Waals surface area (Å²) in [6.45, 7) is 6.17. The molecular formula is C99H100Cl8N30O6. The van der Waals surface area contributed by atoms with E-state index in [-0.39, 0.29) is 47.1 Å². The molecule has 2 aliphatic carbocycles. The Morgan fingerprint density at radius 3 is 0.993 bits per heavy atom. The van der Waals surface area contributed by atoms with Gasteiger partial charge in [-0.15, -0.1) is 30.6 Å². The monoisotopic (exact) mass is 2080 g/mol. The summed E-state index contributed by atoms with van der Waals surface area (Å²) in [6, 6.07) is 51.6. The number of aryl methyl sites for hydroxylation is 3. The van der Waals surface area contributed by atoms with E-state index in [0.29, 0.717) is 120 Å². The highest BCUT2D eigenvalue weighted by atomic mass is 35.5. The van der Waals surface area contributed by atoms with E-state index >= 15 is 0 Å². The molecule has 0 spiro atoms. The molecule has 8 aromatic heterocycles. The lowest BCUT2D eigenvalue weighted by atomic mass is 9.94. The van der Waals surface area contributed by atoms with Crippen molar-refractivity contribution in [3.63, 3.8) is 0 Å². The molecule has 4 aliphatic rings. The van der Waals surface area contributed by atoms with E-state index in [1.54, 1.807) is 110 Å². The molecule has 16 aromatic rings. The summed E-state index contributed by atoms with van der Waals surface area (Å²) in [4.78, 5) is 58.9. The molecule has 0 radical (unpaired) electrons. The number of tetrazole rings is 4. The fraction of sp³-hybridized carbons (Fsp3) is 0.313. The van der Waals surface area contributed by atoms with Crippen molar-refractivity contribution in [2.45, 2.75) is 142 Å². The van der Waals surface area contributed by atoms with Gasteiger partial charge in [0, 0.05) is 153 Å². The van der Waals surface area contributed by atoms with Gasteiger partial charge in [0.25, 0.3) is 23.6 Å². The summed E-state index contributed by atoms with van der Waals surface area (Å²) in [5.41, 5.74) is 20.9. The Hall–Kier alpha value is -13.1. The molecule has 5 N–H and O–H groups in total. The molecule has 0 atom stereocenters. The maximum absolute atomic E-state index is 13.7. The Kier molecular flexibility index (Phi) is 32.4. The van der Waals surface area contributed by atoms with Crippen LogP contribution in [0.15, 0.2) is 170 Å². The Balaban J connectivity index is 0.000000131. The Labute approximate surface area is 862 Å². The topological polar surface area (TPSA) is 402 Å². The second kappa shape index (κ2) is 45.7. The predicted molar refractivity (Wildman–Crippen MR) is 548 cm³/mol. The number of aliphatic hydroxyl groups is 2. The third-order valence-corrected chi connectivity index (χ3v) is 27.9. The summed E-state index contributed by atoms with van der Waals surface area (Å²) in [7, 11) is 9.02. The van der Waals surface area contributed by atoms with Gasteiger partial charge >= 0.3 is 0 Å². The summed E-state index contributed by atoms with van der Waals surface area (Å²) in [5.74, 6) is 1.35. The minimum Gasteiger partial charge on any atom is -0.392 e. The van der Waals surface area contributed by atoms with E-state index in [9.17, 15) is 29.4 Å². The van der Waals surface area contributed by atoms with Crippen LogP contribution in [0.4, 0.5) is 0 Å². The number of aromatic amines is 1. The van der Waals surface area contributed by atoms with E-state index in [1.165, 1.54) is 17.6 Å². The molecule has 8 aromatic carbocycles. The molecule has 2 saturated heterocycles. The highest BCUT2D eigenvalue weighted by molar-refractivity contribution is 6.37. The highest BCUT2D eigenvalue weighted by Gasteiger charge is 2.35. The number of hydrazine groups is 2. The number of hydrogen-bond acceptors (Lipinski definition) is 24. The lowest BCUT2D eigenvalue weighted by Crippen LogP contribution is -2.45. The third kappa shape index (κ3) is 22.6. The SMILES string of the molecule is Cc1c(C(=O)N(C)C2CCCCC2)nn(-c2ccc(Cl)cc2Cl)c1-c1ccc(-c2nn[nH]n2)cc1.Cc1c(C(=O)N(C)C2CCCCC2)nn(-c2ccc(Cl)cc2Cl)c1-c1ccc(-c2nnnn2C)cc1.Cn1nnc(-c2ccc(-c3c(CO)c(C(=O)NN4CCCCC4)nn3-c3ccc(Cl)cc3Cl)cc2)n1.Cn1nnnc1-c1ccc(-c2c(CO)c(C(=O)NN3CCCCC3)nn2-c2ccc(Cl)cc2Cl)cc1. The average Bonchev–Trinajstić information content (AvgIpc) is 1.62. The fourth-order valence-electron chi connectivity index (χ4n) is 18.3. The van der Waals surface area contributed by atoms with Crippen molar-refractivity contribution in [2.75, 3.05) is 40.3 Å². The molecule has 2 aliphatic heterocycles. The standard InChI is InChI=1S/C26H27Cl2N7O.C25H25Cl2N7O.2C24H24Cl2N8O2/c1-16-23(26(36)33(2)20-7-5-4-6-8-20)30-35(22-14-13-19(27)15-21(22)28)24(16)17-9-11-18(12-10-17)25-29-31-32-34(25)3;1-15-22(25(35)33(2)19-6-4-3-5-7-19)30-34(21-13-12-18(26)14-20(21)27)23(15)16-8-10-17(11-9-16)24-28-31-32-29-24;1-32-23(27-30-31-32)16-7-5-15(6-8-16)22-18(14-35)21(24(36)29-33-11-3-2-4-12-33)28-34(22)20-10-9-17(25)13-19(20)26;1-32-29-23(27-31-32)16-7-5-15(6-8-16)22-18(14-35)21(24(36)30-33-11-3-2-4-12-33)28-34(22)20-10-9-17(25)13-19(20)26/h9-15,20H,4-8H2,1-3H3;8-14,19H,3-7H2,1-2H3,(H,28,29,31,32);5-10,13,35H,2-4,11-12,14H2,1H3,(H,29,36);5-10,13,35H,2-4,11-12,14H2,1H3,(H,30,36). The Morgan fingerprint density at radius 1 is 0.371 bits per heavy atom. The molecule has 2 saturated carbocycles. The summed E-state index contributed by atoms with van der Waals surface area (Å²) < 4.78 is 9.83. The first-order valence-electron chi connectivity index (χ1n) is 46.7. The van der Waals surface area contributed by atoms with Gasteiger partial charge in [0.15, 0.2) is 34.4 Å². The van der Waals surface area contributed by atoms with Gasteiger partial charge in [0.05, 0.1) is 85.9 Å².